The van der Waals surface area contributed by atoms with Gasteiger partial charge in [-0.15, -0.1) is 5.10 Å². The van der Waals surface area contributed by atoms with Crippen molar-refractivity contribution in [2.45, 2.75) is 19.9 Å². The summed E-state index contributed by atoms with van der Waals surface area (Å²) in [5, 5.41) is 13.8. The van der Waals surface area contributed by atoms with Gasteiger partial charge in [0, 0.05) is 18.2 Å². The van der Waals surface area contributed by atoms with Gasteiger partial charge in [-0.2, -0.15) is 0 Å². The van der Waals surface area contributed by atoms with E-state index < -0.39 is 0 Å². The summed E-state index contributed by atoms with van der Waals surface area (Å²) in [7, 11) is 0. The number of nitrogens with two attached hydrogens (primary N) is 1. The van der Waals surface area contributed by atoms with Crippen LogP contribution in [-0.2, 0) is 0 Å². The van der Waals surface area contributed by atoms with Gasteiger partial charge in [0.1, 0.15) is 6.33 Å². The monoisotopic (exact) mass is 274 g/mol. The molecule has 0 bridgehead atoms. The number of nitrogens with one attached hydrogen (secondary N) is 1. The average Bonchev–Trinajstić information content (AvgIpc) is 2.98. The van der Waals surface area contributed by atoms with Crippen molar-refractivity contribution in [1.29, 1.82) is 0 Å². The van der Waals surface area contributed by atoms with Crippen LogP contribution in [0.5, 0.6) is 0 Å². The molecule has 2 aromatic rings. The lowest BCUT2D eigenvalue weighted by Crippen LogP contribution is -2.43. The van der Waals surface area contributed by atoms with Crippen LogP contribution in [0, 0.1) is 5.92 Å². The third-order valence-electron chi connectivity index (χ3n) is 3.12. The van der Waals surface area contributed by atoms with E-state index >= 15 is 0 Å². The molecule has 1 unspecified atom stereocenters. The van der Waals surface area contributed by atoms with Gasteiger partial charge < -0.3 is 11.1 Å². The number of benzene rings is 1. The number of nitrogens with zero attached hydrogens (tertiary/aromatic N) is 4. The van der Waals surface area contributed by atoms with Gasteiger partial charge in [-0.25, -0.2) is 4.68 Å². The van der Waals surface area contributed by atoms with E-state index in [0.29, 0.717) is 18.0 Å². The minimum Gasteiger partial charge on any atom is -0.348 e. The van der Waals surface area contributed by atoms with Gasteiger partial charge >= 0.3 is 0 Å². The number of hydrogen-bond donors (Lipinski definition) is 2. The smallest absolute Gasteiger partial charge is 0.251 e. The van der Waals surface area contributed by atoms with Crippen LogP contribution >= 0.6 is 0 Å². The maximum Gasteiger partial charge on any atom is 0.251 e. The molecule has 1 aromatic carbocycles. The number of aromatic nitrogens is 4. The molecule has 7 heteroatoms. The van der Waals surface area contributed by atoms with Gasteiger partial charge in [0.2, 0.25) is 0 Å². The first-order valence-electron chi connectivity index (χ1n) is 6.46. The van der Waals surface area contributed by atoms with Crippen molar-refractivity contribution < 1.29 is 4.79 Å². The number of hydrogen-bond acceptors (Lipinski definition) is 5. The predicted molar refractivity (Wildman–Crippen MR) is 74.3 cm³/mol. The molecule has 0 aliphatic rings. The molecule has 0 spiro atoms. The van der Waals surface area contributed by atoms with E-state index in [1.165, 1.54) is 11.0 Å². The van der Waals surface area contributed by atoms with Crippen LogP contribution in [0.3, 0.4) is 0 Å². The molecule has 20 heavy (non-hydrogen) atoms. The Labute approximate surface area is 117 Å². The third kappa shape index (κ3) is 3.18. The van der Waals surface area contributed by atoms with Gasteiger partial charge in [0.15, 0.2) is 0 Å². The first-order valence-corrected chi connectivity index (χ1v) is 6.46. The minimum absolute atomic E-state index is 0.0262. The van der Waals surface area contributed by atoms with Crippen LogP contribution in [0.1, 0.15) is 24.2 Å². The second-order valence-electron chi connectivity index (χ2n) is 4.86. The average molecular weight is 274 g/mol. The van der Waals surface area contributed by atoms with Crippen LogP contribution in [0.15, 0.2) is 30.6 Å². The van der Waals surface area contributed by atoms with Crippen molar-refractivity contribution >= 4 is 5.91 Å². The Kier molecular flexibility index (Phi) is 4.41. The normalized spacial score (nSPS) is 12.4. The molecule has 1 amide bonds. The largest absolute Gasteiger partial charge is 0.348 e. The maximum atomic E-state index is 12.1. The minimum atomic E-state index is -0.127. The molecule has 2 rings (SSSR count). The van der Waals surface area contributed by atoms with Crippen molar-refractivity contribution in [2.24, 2.45) is 11.7 Å². The van der Waals surface area contributed by atoms with E-state index in [1.54, 1.807) is 24.3 Å². The van der Waals surface area contributed by atoms with E-state index in [2.05, 4.69) is 20.8 Å². The van der Waals surface area contributed by atoms with Crippen LogP contribution < -0.4 is 11.1 Å². The molecule has 1 aromatic heterocycles. The Morgan fingerprint density at radius 3 is 2.55 bits per heavy atom. The van der Waals surface area contributed by atoms with E-state index in [9.17, 15) is 4.79 Å². The second kappa shape index (κ2) is 6.25. The summed E-state index contributed by atoms with van der Waals surface area (Å²) in [6.07, 6.45) is 1.50. The Bertz CT molecular complexity index is 549. The van der Waals surface area contributed by atoms with E-state index in [0.717, 1.165) is 5.69 Å². The van der Waals surface area contributed by atoms with Crippen molar-refractivity contribution in [3.05, 3.63) is 36.2 Å². The summed E-state index contributed by atoms with van der Waals surface area (Å²) in [4.78, 5) is 12.1. The first kappa shape index (κ1) is 14.1. The number of amides is 1. The quantitative estimate of drug-likeness (QED) is 0.821. The summed E-state index contributed by atoms with van der Waals surface area (Å²) in [5.41, 5.74) is 7.03. The zero-order chi connectivity index (χ0) is 14.5. The number of tetrazole rings is 1. The van der Waals surface area contributed by atoms with Crippen molar-refractivity contribution in [3.63, 3.8) is 0 Å². The summed E-state index contributed by atoms with van der Waals surface area (Å²) in [6.45, 7) is 4.48. The highest BCUT2D eigenvalue weighted by atomic mass is 16.1. The van der Waals surface area contributed by atoms with E-state index in [1.807, 2.05) is 13.8 Å². The topological polar surface area (TPSA) is 98.7 Å². The summed E-state index contributed by atoms with van der Waals surface area (Å²) >= 11 is 0. The first-order chi connectivity index (χ1) is 9.61. The molecule has 1 atom stereocenters. The molecule has 0 radical (unpaired) electrons. The molecule has 0 saturated carbocycles. The molecule has 0 aliphatic heterocycles. The Morgan fingerprint density at radius 1 is 1.35 bits per heavy atom. The molecule has 106 valence electrons. The second-order valence-corrected chi connectivity index (χ2v) is 4.86. The van der Waals surface area contributed by atoms with Gasteiger partial charge in [-0.3, -0.25) is 4.79 Å². The van der Waals surface area contributed by atoms with E-state index in [4.69, 9.17) is 5.73 Å². The summed E-state index contributed by atoms with van der Waals surface area (Å²) < 4.78 is 1.53. The fourth-order valence-electron chi connectivity index (χ4n) is 1.79. The molecule has 3 N–H and O–H groups in total. The fourth-order valence-corrected chi connectivity index (χ4v) is 1.79. The lowest BCUT2D eigenvalue weighted by Gasteiger charge is -2.20. The molecular formula is C13H18N6O. The Morgan fingerprint density at radius 2 is 2.05 bits per heavy atom. The van der Waals surface area contributed by atoms with Gasteiger partial charge in [-0.05, 0) is 40.6 Å². The molecular weight excluding hydrogens is 256 g/mol. The van der Waals surface area contributed by atoms with Gasteiger partial charge in [-0.1, -0.05) is 13.8 Å². The highest BCUT2D eigenvalue weighted by molar-refractivity contribution is 5.94. The SMILES string of the molecule is CC(C)C(CN)NC(=O)c1ccc(-n2cnnn2)cc1. The van der Waals surface area contributed by atoms with Crippen molar-refractivity contribution in [1.82, 2.24) is 25.5 Å². The number of carbonyl (C=O) groups is 1. The highest BCUT2D eigenvalue weighted by Gasteiger charge is 2.15. The zero-order valence-electron chi connectivity index (χ0n) is 11.5. The molecule has 0 saturated heterocycles. The lowest BCUT2D eigenvalue weighted by atomic mass is 10.0. The maximum absolute atomic E-state index is 12.1. The van der Waals surface area contributed by atoms with Crippen LogP contribution in [0.4, 0.5) is 0 Å². The molecule has 1 heterocycles. The number of rotatable bonds is 5. The standard InChI is InChI=1S/C13H18N6O/c1-9(2)12(7-14)16-13(20)10-3-5-11(6-4-10)19-8-15-17-18-19/h3-6,8-9,12H,7,14H2,1-2H3,(H,16,20). The zero-order valence-corrected chi connectivity index (χ0v) is 11.5. The highest BCUT2D eigenvalue weighted by Crippen LogP contribution is 2.09. The molecule has 0 fully saturated rings. The van der Waals surface area contributed by atoms with Crippen molar-refractivity contribution in [2.75, 3.05) is 6.54 Å². The predicted octanol–water partition coefficient (Wildman–Crippen LogP) is 0.375. The van der Waals surface area contributed by atoms with Gasteiger partial charge in [0.25, 0.3) is 5.91 Å². The summed E-state index contributed by atoms with van der Waals surface area (Å²) in [5.74, 6) is 0.168. The number of carbonyl (C=O) groups excluding carboxylic acids is 1. The Hall–Kier alpha value is -2.28. The van der Waals surface area contributed by atoms with Gasteiger partial charge in [0.05, 0.1) is 5.69 Å². The lowest BCUT2D eigenvalue weighted by molar-refractivity contribution is 0.0928. The summed E-state index contributed by atoms with van der Waals surface area (Å²) in [6, 6.07) is 7.03. The Balaban J connectivity index is 2.08. The third-order valence-corrected chi connectivity index (χ3v) is 3.12. The fraction of sp³-hybridized carbons (Fsp3) is 0.385. The van der Waals surface area contributed by atoms with Crippen LogP contribution in [-0.4, -0.2) is 38.7 Å². The van der Waals surface area contributed by atoms with Crippen LogP contribution in [0.2, 0.25) is 0 Å². The van der Waals surface area contributed by atoms with Crippen molar-refractivity contribution in [3.8, 4) is 5.69 Å². The van der Waals surface area contributed by atoms with E-state index in [-0.39, 0.29) is 11.9 Å². The van der Waals surface area contributed by atoms with Crippen LogP contribution in [0.25, 0.3) is 5.69 Å². The molecule has 7 nitrogen and oxygen atoms in total. The molecule has 0 aliphatic carbocycles.